The molecule has 126 valence electrons. The van der Waals surface area contributed by atoms with Crippen LogP contribution in [0.4, 0.5) is 4.79 Å². The number of hydrogen-bond acceptors (Lipinski definition) is 4. The largest absolute Gasteiger partial charge is 0.444 e. The minimum absolute atomic E-state index is 0.0992. The summed E-state index contributed by atoms with van der Waals surface area (Å²) in [5, 5.41) is 9.61. The van der Waals surface area contributed by atoms with Crippen molar-refractivity contribution in [3.05, 3.63) is 0 Å². The molecule has 1 saturated heterocycles. The van der Waals surface area contributed by atoms with E-state index in [0.29, 0.717) is 19.6 Å². The van der Waals surface area contributed by atoms with E-state index in [4.69, 9.17) is 4.74 Å². The smallest absolute Gasteiger partial charge is 0.410 e. The van der Waals surface area contributed by atoms with Gasteiger partial charge in [0.05, 0.1) is 12.6 Å². The van der Waals surface area contributed by atoms with Gasteiger partial charge in [-0.1, -0.05) is 12.8 Å². The maximum Gasteiger partial charge on any atom is 0.410 e. The number of aliphatic hydroxyl groups excluding tert-OH is 1. The van der Waals surface area contributed by atoms with Crippen LogP contribution in [-0.4, -0.2) is 64.8 Å². The molecule has 1 unspecified atom stereocenters. The Morgan fingerprint density at radius 2 is 1.82 bits per heavy atom. The number of aliphatic hydroxyl groups is 1. The molecule has 6 nitrogen and oxygen atoms in total. The Bertz CT molecular complexity index is 413. The van der Waals surface area contributed by atoms with E-state index in [0.717, 1.165) is 25.7 Å². The van der Waals surface area contributed by atoms with Crippen LogP contribution in [-0.2, 0) is 9.53 Å². The fourth-order valence-electron chi connectivity index (χ4n) is 3.20. The molecule has 2 fully saturated rings. The lowest BCUT2D eigenvalue weighted by molar-refractivity contribution is -0.141. The van der Waals surface area contributed by atoms with Crippen LogP contribution in [0.1, 0.15) is 46.5 Å². The summed E-state index contributed by atoms with van der Waals surface area (Å²) in [6.45, 7) is 6.63. The third kappa shape index (κ3) is 4.12. The highest BCUT2D eigenvalue weighted by Gasteiger charge is 2.37. The number of amides is 2. The van der Waals surface area contributed by atoms with E-state index in [-0.39, 0.29) is 30.6 Å². The van der Waals surface area contributed by atoms with E-state index in [9.17, 15) is 14.7 Å². The second kappa shape index (κ2) is 6.86. The molecule has 0 bridgehead atoms. The molecule has 0 radical (unpaired) electrons. The molecule has 0 spiro atoms. The summed E-state index contributed by atoms with van der Waals surface area (Å²) < 4.78 is 5.37. The van der Waals surface area contributed by atoms with Crippen LogP contribution >= 0.6 is 0 Å². The Morgan fingerprint density at radius 3 is 2.36 bits per heavy atom. The van der Waals surface area contributed by atoms with Gasteiger partial charge < -0.3 is 19.6 Å². The SMILES string of the molecule is CC(C)(C)OC(=O)N1CCN(C(=O)C2CCCC2)C(CO)C1. The summed E-state index contributed by atoms with van der Waals surface area (Å²) in [6, 6.07) is -0.325. The molecule has 0 aromatic heterocycles. The van der Waals surface area contributed by atoms with Crippen molar-refractivity contribution in [1.82, 2.24) is 9.80 Å². The van der Waals surface area contributed by atoms with Crippen LogP contribution < -0.4 is 0 Å². The topological polar surface area (TPSA) is 70.1 Å². The van der Waals surface area contributed by atoms with Gasteiger partial charge in [0.2, 0.25) is 5.91 Å². The van der Waals surface area contributed by atoms with Crippen molar-refractivity contribution in [2.24, 2.45) is 5.92 Å². The average molecular weight is 312 g/mol. The molecule has 0 aromatic carbocycles. The molecule has 1 saturated carbocycles. The normalized spacial score (nSPS) is 23.7. The van der Waals surface area contributed by atoms with Gasteiger partial charge in [-0.05, 0) is 33.6 Å². The minimum atomic E-state index is -0.539. The number of piperazine rings is 1. The van der Waals surface area contributed by atoms with E-state index in [1.165, 1.54) is 0 Å². The lowest BCUT2D eigenvalue weighted by Crippen LogP contribution is -2.59. The first kappa shape index (κ1) is 17.1. The monoisotopic (exact) mass is 312 g/mol. The fourth-order valence-corrected chi connectivity index (χ4v) is 3.20. The lowest BCUT2D eigenvalue weighted by Gasteiger charge is -2.41. The predicted molar refractivity (Wildman–Crippen MR) is 82.4 cm³/mol. The zero-order valence-corrected chi connectivity index (χ0v) is 13.9. The number of nitrogens with zero attached hydrogens (tertiary/aromatic N) is 2. The van der Waals surface area contributed by atoms with Crippen molar-refractivity contribution in [1.29, 1.82) is 0 Å². The molecule has 2 rings (SSSR count). The van der Waals surface area contributed by atoms with Crippen LogP contribution in [0, 0.1) is 5.92 Å². The van der Waals surface area contributed by atoms with Gasteiger partial charge in [0.25, 0.3) is 0 Å². The van der Waals surface area contributed by atoms with E-state index in [1.54, 1.807) is 9.80 Å². The quantitative estimate of drug-likeness (QED) is 0.841. The van der Waals surface area contributed by atoms with E-state index in [2.05, 4.69) is 0 Å². The summed E-state index contributed by atoms with van der Waals surface area (Å²) in [6.07, 6.45) is 3.74. The molecule has 2 amide bonds. The van der Waals surface area contributed by atoms with Crippen molar-refractivity contribution in [3.63, 3.8) is 0 Å². The van der Waals surface area contributed by atoms with Gasteiger partial charge in [0.1, 0.15) is 5.60 Å². The second-order valence-electron chi connectivity index (χ2n) is 7.28. The van der Waals surface area contributed by atoms with Crippen LogP contribution in [0.3, 0.4) is 0 Å². The summed E-state index contributed by atoms with van der Waals surface area (Å²) in [5.41, 5.74) is -0.539. The zero-order chi connectivity index (χ0) is 16.3. The molecule has 22 heavy (non-hydrogen) atoms. The standard InChI is InChI=1S/C16H28N2O4/c1-16(2,3)22-15(21)17-8-9-18(13(10-17)11-19)14(20)12-6-4-5-7-12/h12-13,19H,4-11H2,1-3H3. The number of rotatable bonds is 2. The van der Waals surface area contributed by atoms with Crippen molar-refractivity contribution < 1.29 is 19.4 Å². The number of hydrogen-bond donors (Lipinski definition) is 1. The third-order valence-electron chi connectivity index (χ3n) is 4.33. The highest BCUT2D eigenvalue weighted by molar-refractivity contribution is 5.80. The minimum Gasteiger partial charge on any atom is -0.444 e. The summed E-state index contributed by atoms with van der Waals surface area (Å²) in [5.74, 6) is 0.238. The van der Waals surface area contributed by atoms with Crippen molar-refractivity contribution in [2.45, 2.75) is 58.1 Å². The predicted octanol–water partition coefficient (Wildman–Crippen LogP) is 1.62. The van der Waals surface area contributed by atoms with Gasteiger partial charge in [-0.25, -0.2) is 4.79 Å². The molecular weight excluding hydrogens is 284 g/mol. The third-order valence-corrected chi connectivity index (χ3v) is 4.33. The van der Waals surface area contributed by atoms with Gasteiger partial charge >= 0.3 is 6.09 Å². The zero-order valence-electron chi connectivity index (χ0n) is 13.9. The van der Waals surface area contributed by atoms with E-state index in [1.807, 2.05) is 20.8 Å². The van der Waals surface area contributed by atoms with Crippen LogP contribution in [0.2, 0.25) is 0 Å². The number of ether oxygens (including phenoxy) is 1. The van der Waals surface area contributed by atoms with Crippen molar-refractivity contribution in [3.8, 4) is 0 Å². The molecule has 2 aliphatic rings. The van der Waals surface area contributed by atoms with Crippen molar-refractivity contribution >= 4 is 12.0 Å². The molecule has 1 heterocycles. The Labute approximate surface area is 132 Å². The van der Waals surface area contributed by atoms with Crippen LogP contribution in [0.5, 0.6) is 0 Å². The summed E-state index contributed by atoms with van der Waals surface area (Å²) >= 11 is 0. The van der Waals surface area contributed by atoms with Gasteiger partial charge in [-0.15, -0.1) is 0 Å². The molecule has 6 heteroatoms. The van der Waals surface area contributed by atoms with Crippen LogP contribution in [0.15, 0.2) is 0 Å². The first-order valence-corrected chi connectivity index (χ1v) is 8.21. The molecule has 0 aromatic rings. The van der Waals surface area contributed by atoms with Gasteiger partial charge in [-0.2, -0.15) is 0 Å². The molecule has 1 aliphatic carbocycles. The van der Waals surface area contributed by atoms with E-state index < -0.39 is 5.60 Å². The lowest BCUT2D eigenvalue weighted by atomic mass is 10.0. The fraction of sp³-hybridized carbons (Fsp3) is 0.875. The van der Waals surface area contributed by atoms with Gasteiger partial charge in [0.15, 0.2) is 0 Å². The van der Waals surface area contributed by atoms with Crippen LogP contribution in [0.25, 0.3) is 0 Å². The molecule has 1 aliphatic heterocycles. The second-order valence-corrected chi connectivity index (χ2v) is 7.28. The number of carbonyl (C=O) groups excluding carboxylic acids is 2. The first-order chi connectivity index (χ1) is 10.3. The highest BCUT2D eigenvalue weighted by Crippen LogP contribution is 2.28. The van der Waals surface area contributed by atoms with Gasteiger partial charge in [-0.3, -0.25) is 4.79 Å². The maximum atomic E-state index is 12.6. The highest BCUT2D eigenvalue weighted by atomic mass is 16.6. The summed E-state index contributed by atoms with van der Waals surface area (Å²) in [7, 11) is 0. The summed E-state index contributed by atoms with van der Waals surface area (Å²) in [4.78, 5) is 28.0. The number of carbonyl (C=O) groups is 2. The maximum absolute atomic E-state index is 12.6. The first-order valence-electron chi connectivity index (χ1n) is 8.21. The molecular formula is C16H28N2O4. The van der Waals surface area contributed by atoms with Crippen molar-refractivity contribution in [2.75, 3.05) is 26.2 Å². The Hall–Kier alpha value is -1.30. The Kier molecular flexibility index (Phi) is 5.32. The Morgan fingerprint density at radius 1 is 1.18 bits per heavy atom. The molecule has 1 atom stereocenters. The van der Waals surface area contributed by atoms with E-state index >= 15 is 0 Å². The van der Waals surface area contributed by atoms with Gasteiger partial charge in [0, 0.05) is 25.6 Å². The average Bonchev–Trinajstić information content (AvgIpc) is 2.98. The molecule has 1 N–H and O–H groups in total. The Balaban J connectivity index is 1.96.